The number of fused-ring (bicyclic) bond motifs is 1. The van der Waals surface area contributed by atoms with Gasteiger partial charge in [-0.1, -0.05) is 42.0 Å². The molecule has 0 bridgehead atoms. The minimum absolute atomic E-state index is 0.206. The average Bonchev–Trinajstić information content (AvgIpc) is 2.53. The molecule has 0 spiro atoms. The first kappa shape index (κ1) is 16.6. The van der Waals surface area contributed by atoms with Gasteiger partial charge in [0.2, 0.25) is 10.0 Å². The summed E-state index contributed by atoms with van der Waals surface area (Å²) < 4.78 is 28.5. The predicted octanol–water partition coefficient (Wildman–Crippen LogP) is 3.89. The van der Waals surface area contributed by atoms with Crippen LogP contribution in [0.5, 0.6) is 0 Å². The summed E-state index contributed by atoms with van der Waals surface area (Å²) in [4.78, 5) is 4.44. The van der Waals surface area contributed by atoms with Gasteiger partial charge < -0.3 is 0 Å². The highest BCUT2D eigenvalue weighted by molar-refractivity contribution is 7.89. The van der Waals surface area contributed by atoms with E-state index in [4.69, 9.17) is 0 Å². The normalized spacial score (nSPS) is 13.1. The van der Waals surface area contributed by atoms with E-state index in [0.29, 0.717) is 5.52 Å². The van der Waals surface area contributed by atoms with Gasteiger partial charge in [0.25, 0.3) is 0 Å². The van der Waals surface area contributed by atoms with Crippen LogP contribution in [0.15, 0.2) is 59.6 Å². The molecule has 1 aromatic heterocycles. The second-order valence-electron chi connectivity index (χ2n) is 6.03. The van der Waals surface area contributed by atoms with Gasteiger partial charge in [0, 0.05) is 17.6 Å². The van der Waals surface area contributed by atoms with E-state index in [2.05, 4.69) is 15.8 Å². The lowest BCUT2D eigenvalue weighted by atomic mass is 10.0. The van der Waals surface area contributed by atoms with Gasteiger partial charge in [-0.05, 0) is 44.0 Å². The molecule has 1 heterocycles. The third-order valence-corrected chi connectivity index (χ3v) is 5.68. The third-order valence-electron chi connectivity index (χ3n) is 4.11. The molecule has 1 N–H and O–H groups in total. The van der Waals surface area contributed by atoms with E-state index >= 15 is 0 Å². The van der Waals surface area contributed by atoms with Crippen LogP contribution >= 0.6 is 0 Å². The molecule has 0 amide bonds. The molecular weight excluding hydrogens is 320 g/mol. The number of para-hydroxylation sites is 1. The molecule has 0 aliphatic carbocycles. The van der Waals surface area contributed by atoms with Crippen molar-refractivity contribution in [1.82, 2.24) is 9.71 Å². The highest BCUT2D eigenvalue weighted by atomic mass is 32.2. The van der Waals surface area contributed by atoms with E-state index in [0.717, 1.165) is 22.1 Å². The van der Waals surface area contributed by atoms with E-state index in [1.165, 1.54) is 0 Å². The fourth-order valence-electron chi connectivity index (χ4n) is 2.96. The SMILES string of the molecule is Cc1ccc(C(C)NS(=O)(=O)c2cccc3cccnc23)c(C)c1. The van der Waals surface area contributed by atoms with Crippen LogP contribution in [-0.2, 0) is 10.0 Å². The van der Waals surface area contributed by atoms with Crippen molar-refractivity contribution in [2.75, 3.05) is 0 Å². The van der Waals surface area contributed by atoms with Crippen LogP contribution in [0.25, 0.3) is 10.9 Å². The number of nitrogens with one attached hydrogen (secondary N) is 1. The minimum Gasteiger partial charge on any atom is -0.255 e. The standard InChI is InChI=1S/C19H20N2O2S/c1-13-9-10-17(14(2)12-13)15(3)21-24(22,23)18-8-4-6-16-7-5-11-20-19(16)18/h4-12,15,21H,1-3H3. The van der Waals surface area contributed by atoms with Crippen molar-refractivity contribution < 1.29 is 8.42 Å². The molecule has 0 saturated heterocycles. The van der Waals surface area contributed by atoms with Crippen molar-refractivity contribution in [2.24, 2.45) is 0 Å². The van der Waals surface area contributed by atoms with E-state index < -0.39 is 10.0 Å². The van der Waals surface area contributed by atoms with Gasteiger partial charge in [-0.15, -0.1) is 0 Å². The highest BCUT2D eigenvalue weighted by Crippen LogP contribution is 2.24. The maximum absolute atomic E-state index is 12.9. The lowest BCUT2D eigenvalue weighted by molar-refractivity contribution is 0.567. The zero-order valence-electron chi connectivity index (χ0n) is 13.9. The summed E-state index contributed by atoms with van der Waals surface area (Å²) in [6, 6.07) is 14.5. The van der Waals surface area contributed by atoms with Crippen LogP contribution in [0.4, 0.5) is 0 Å². The maximum atomic E-state index is 12.9. The van der Waals surface area contributed by atoms with Gasteiger partial charge in [0.15, 0.2) is 0 Å². The third kappa shape index (κ3) is 3.18. The fraction of sp³-hybridized carbons (Fsp3) is 0.211. The molecule has 124 valence electrons. The number of rotatable bonds is 4. The molecule has 0 saturated carbocycles. The van der Waals surface area contributed by atoms with Crippen LogP contribution in [0.2, 0.25) is 0 Å². The van der Waals surface area contributed by atoms with E-state index in [1.807, 2.05) is 45.0 Å². The van der Waals surface area contributed by atoms with Gasteiger partial charge >= 0.3 is 0 Å². The van der Waals surface area contributed by atoms with Crippen LogP contribution < -0.4 is 4.72 Å². The largest absolute Gasteiger partial charge is 0.255 e. The molecule has 0 fully saturated rings. The molecule has 3 aromatic rings. The van der Waals surface area contributed by atoms with Gasteiger partial charge in [0.1, 0.15) is 4.90 Å². The van der Waals surface area contributed by atoms with Gasteiger partial charge in [0.05, 0.1) is 5.52 Å². The first-order valence-electron chi connectivity index (χ1n) is 7.82. The molecule has 24 heavy (non-hydrogen) atoms. The monoisotopic (exact) mass is 340 g/mol. The number of sulfonamides is 1. The molecule has 5 heteroatoms. The second kappa shape index (κ2) is 6.34. The first-order valence-corrected chi connectivity index (χ1v) is 9.30. The Morgan fingerprint density at radius 3 is 2.54 bits per heavy atom. The number of benzene rings is 2. The summed E-state index contributed by atoms with van der Waals surface area (Å²) in [5.41, 5.74) is 3.68. The minimum atomic E-state index is -3.67. The van der Waals surface area contributed by atoms with E-state index in [9.17, 15) is 8.42 Å². The molecule has 3 rings (SSSR count). The Morgan fingerprint density at radius 2 is 1.79 bits per heavy atom. The molecule has 2 aromatic carbocycles. The van der Waals surface area contributed by atoms with Gasteiger partial charge in [-0.2, -0.15) is 0 Å². The van der Waals surface area contributed by atoms with Crippen molar-refractivity contribution >= 4 is 20.9 Å². The van der Waals surface area contributed by atoms with Crippen molar-refractivity contribution in [3.63, 3.8) is 0 Å². The van der Waals surface area contributed by atoms with Crippen molar-refractivity contribution in [3.05, 3.63) is 71.4 Å². The number of nitrogens with zero attached hydrogens (tertiary/aromatic N) is 1. The van der Waals surface area contributed by atoms with Crippen LogP contribution in [0.3, 0.4) is 0 Å². The van der Waals surface area contributed by atoms with E-state index in [1.54, 1.807) is 24.4 Å². The summed E-state index contributed by atoms with van der Waals surface area (Å²) in [5.74, 6) is 0. The molecular formula is C19H20N2O2S. The molecule has 0 aliphatic rings. The van der Waals surface area contributed by atoms with E-state index in [-0.39, 0.29) is 10.9 Å². The lowest BCUT2D eigenvalue weighted by Crippen LogP contribution is -2.27. The molecule has 0 aliphatic heterocycles. The van der Waals surface area contributed by atoms with Crippen molar-refractivity contribution in [3.8, 4) is 0 Å². The summed E-state index contributed by atoms with van der Waals surface area (Å²) in [7, 11) is -3.67. The Hall–Kier alpha value is -2.24. The Kier molecular flexibility index (Phi) is 4.39. The zero-order chi connectivity index (χ0) is 17.3. The van der Waals surface area contributed by atoms with Crippen molar-refractivity contribution in [2.45, 2.75) is 31.7 Å². The molecule has 4 nitrogen and oxygen atoms in total. The molecule has 1 unspecified atom stereocenters. The lowest BCUT2D eigenvalue weighted by Gasteiger charge is -2.18. The number of aromatic nitrogens is 1. The number of hydrogen-bond donors (Lipinski definition) is 1. The predicted molar refractivity (Wildman–Crippen MR) is 96.4 cm³/mol. The summed E-state index contributed by atoms with van der Waals surface area (Å²) in [6.45, 7) is 5.87. The molecule has 0 radical (unpaired) electrons. The van der Waals surface area contributed by atoms with Crippen molar-refractivity contribution in [1.29, 1.82) is 0 Å². The first-order chi connectivity index (χ1) is 11.4. The Balaban J connectivity index is 1.98. The smallest absolute Gasteiger partial charge is 0.243 e. The van der Waals surface area contributed by atoms with Crippen LogP contribution in [-0.4, -0.2) is 13.4 Å². The topological polar surface area (TPSA) is 59.1 Å². The Bertz CT molecular complexity index is 992. The zero-order valence-corrected chi connectivity index (χ0v) is 14.8. The number of hydrogen-bond acceptors (Lipinski definition) is 3. The maximum Gasteiger partial charge on any atom is 0.243 e. The molecule has 1 atom stereocenters. The second-order valence-corrected chi connectivity index (χ2v) is 7.72. The van der Waals surface area contributed by atoms with Crippen LogP contribution in [0, 0.1) is 13.8 Å². The summed E-state index contributed by atoms with van der Waals surface area (Å²) in [6.07, 6.45) is 1.61. The Morgan fingerprint density at radius 1 is 1.04 bits per heavy atom. The number of pyridine rings is 1. The fourth-order valence-corrected chi connectivity index (χ4v) is 4.37. The summed E-state index contributed by atoms with van der Waals surface area (Å²) >= 11 is 0. The van der Waals surface area contributed by atoms with Crippen LogP contribution in [0.1, 0.15) is 29.7 Å². The van der Waals surface area contributed by atoms with Gasteiger partial charge in [-0.25, -0.2) is 13.1 Å². The quantitative estimate of drug-likeness (QED) is 0.784. The average molecular weight is 340 g/mol. The number of aryl methyl sites for hydroxylation is 2. The summed E-state index contributed by atoms with van der Waals surface area (Å²) in [5, 5.41) is 0.805. The Labute approximate surface area is 142 Å². The van der Waals surface area contributed by atoms with Gasteiger partial charge in [-0.3, -0.25) is 4.98 Å². The highest BCUT2D eigenvalue weighted by Gasteiger charge is 2.22.